The fourth-order valence-electron chi connectivity index (χ4n) is 7.49. The number of hydrogen-bond donors (Lipinski definition) is 0. The molecule has 0 bridgehead atoms. The number of hydrogen-bond acceptors (Lipinski definition) is 6. The van der Waals surface area contributed by atoms with E-state index >= 15 is 0 Å². The first-order valence-corrected chi connectivity index (χ1v) is 23.4. The van der Waals surface area contributed by atoms with Crippen molar-refractivity contribution in [3.05, 3.63) is 95.1 Å². The van der Waals surface area contributed by atoms with Crippen molar-refractivity contribution in [1.82, 2.24) is 0 Å². The van der Waals surface area contributed by atoms with Gasteiger partial charge in [0.05, 0.1) is 13.2 Å². The lowest BCUT2D eigenvalue weighted by atomic mass is 9.77. The maximum Gasteiger partial charge on any atom is 0.333 e. The third-order valence-electron chi connectivity index (χ3n) is 11.6. The Balaban J connectivity index is 1.52. The third kappa shape index (κ3) is 23.0. The summed E-state index contributed by atoms with van der Waals surface area (Å²) in [4.78, 5) is 48.6. The molecule has 328 valence electrons. The van der Waals surface area contributed by atoms with Crippen LogP contribution in [-0.2, 0) is 24.5 Å². The molecule has 2 aromatic carbocycles. The molecule has 59 heavy (non-hydrogen) atoms. The highest BCUT2D eigenvalue weighted by Crippen LogP contribution is 2.32. The Labute approximate surface area is 359 Å². The smallest absolute Gasteiger partial charge is 0.333 e. The second-order valence-electron chi connectivity index (χ2n) is 17.4. The quantitative estimate of drug-likeness (QED) is 0.0295. The zero-order valence-electron chi connectivity index (χ0n) is 37.8. The third-order valence-corrected chi connectivity index (χ3v) is 11.6. The van der Waals surface area contributed by atoms with Crippen LogP contribution >= 0.6 is 0 Å². The Bertz CT molecular complexity index is 1400. The molecule has 0 fully saturated rings. The molecule has 0 aliphatic rings. The van der Waals surface area contributed by atoms with Gasteiger partial charge in [-0.1, -0.05) is 204 Å². The Morgan fingerprint density at radius 3 is 0.898 bits per heavy atom. The van der Waals surface area contributed by atoms with Gasteiger partial charge in [0.2, 0.25) is 0 Å². The van der Waals surface area contributed by atoms with Crippen LogP contribution in [0.3, 0.4) is 0 Å². The van der Waals surface area contributed by atoms with Gasteiger partial charge in [-0.3, -0.25) is 9.59 Å². The fourth-order valence-corrected chi connectivity index (χ4v) is 7.49. The second kappa shape index (κ2) is 31.1. The molecule has 0 aliphatic heterocycles. The van der Waals surface area contributed by atoms with Crippen molar-refractivity contribution in [2.45, 2.75) is 200 Å². The van der Waals surface area contributed by atoms with Gasteiger partial charge in [-0.05, 0) is 50.7 Å². The van der Waals surface area contributed by atoms with Crippen LogP contribution in [0.25, 0.3) is 0 Å². The maximum absolute atomic E-state index is 12.9. The summed E-state index contributed by atoms with van der Waals surface area (Å²) in [6, 6.07) is 16.3. The normalized spacial score (nSPS) is 11.3. The van der Waals surface area contributed by atoms with Gasteiger partial charge in [0, 0.05) is 40.5 Å². The number of ketones is 2. The van der Waals surface area contributed by atoms with E-state index < -0.39 is 0 Å². The minimum absolute atomic E-state index is 0.225. The predicted molar refractivity (Wildman–Crippen MR) is 245 cm³/mol. The predicted octanol–water partition coefficient (Wildman–Crippen LogP) is 14.8. The molecule has 0 radical (unpaired) electrons. The van der Waals surface area contributed by atoms with Gasteiger partial charge in [0.15, 0.2) is 11.6 Å². The summed E-state index contributed by atoms with van der Waals surface area (Å²) >= 11 is 0. The fraction of sp³-hybridized carbons (Fsp3) is 0.623. The standard InChI is InChI=1S/C53H80O6/c1-43(2)51(56)58-41-29-25-21-17-13-9-7-11-15-19-23-27-31-49(54)45-33-37-47(38-34-45)53(5,6)48-39-35-46(36-40-48)50(55)32-28-24-20-16-12-8-10-14-18-22-26-30-42-59-52(57)44(3)4/h33-40H,1,3,7-32,41-42H2,2,4-6H3. The molecule has 0 atom stereocenters. The summed E-state index contributed by atoms with van der Waals surface area (Å²) in [7, 11) is 0. The maximum atomic E-state index is 12.9. The lowest BCUT2D eigenvalue weighted by Gasteiger charge is -2.26. The summed E-state index contributed by atoms with van der Waals surface area (Å²) in [6.07, 6.45) is 29.4. The van der Waals surface area contributed by atoms with Crippen molar-refractivity contribution < 1.29 is 28.7 Å². The van der Waals surface area contributed by atoms with Crippen LogP contribution in [0, 0.1) is 0 Å². The van der Waals surface area contributed by atoms with Crippen molar-refractivity contribution >= 4 is 23.5 Å². The Morgan fingerprint density at radius 2 is 0.644 bits per heavy atom. The van der Waals surface area contributed by atoms with E-state index in [1.165, 1.54) is 103 Å². The van der Waals surface area contributed by atoms with E-state index in [4.69, 9.17) is 9.47 Å². The van der Waals surface area contributed by atoms with Gasteiger partial charge < -0.3 is 9.47 Å². The van der Waals surface area contributed by atoms with Crippen LogP contribution in [0.4, 0.5) is 0 Å². The van der Waals surface area contributed by atoms with Gasteiger partial charge in [0.1, 0.15) is 0 Å². The van der Waals surface area contributed by atoms with Gasteiger partial charge in [-0.2, -0.15) is 0 Å². The first kappa shape index (κ1) is 51.3. The van der Waals surface area contributed by atoms with E-state index in [9.17, 15) is 19.2 Å². The molecule has 2 rings (SSSR count). The molecule has 0 aliphatic carbocycles. The van der Waals surface area contributed by atoms with Crippen molar-refractivity contribution in [3.8, 4) is 0 Å². The molecule has 0 saturated heterocycles. The van der Waals surface area contributed by atoms with E-state index in [0.717, 1.165) is 73.6 Å². The van der Waals surface area contributed by atoms with Crippen molar-refractivity contribution in [3.63, 3.8) is 0 Å². The summed E-state index contributed by atoms with van der Waals surface area (Å²) in [6.45, 7) is 15.9. The van der Waals surface area contributed by atoms with Crippen LogP contribution < -0.4 is 0 Å². The van der Waals surface area contributed by atoms with Gasteiger partial charge in [-0.25, -0.2) is 9.59 Å². The SMILES string of the molecule is C=C(C)C(=O)OCCCCCCCCCCCCCCC(=O)c1ccc(C(C)(C)c2ccc(C(=O)CCCCCCCCCCCCCCOC(=O)C(=C)C)cc2)cc1. The number of Topliss-reactive ketones (excluding diaryl/α,β-unsaturated/α-hetero) is 2. The zero-order valence-corrected chi connectivity index (χ0v) is 37.8. The molecule has 0 N–H and O–H groups in total. The largest absolute Gasteiger partial charge is 0.462 e. The number of ether oxygens (including phenoxy) is 2. The molecule has 0 aromatic heterocycles. The van der Waals surface area contributed by atoms with Crippen molar-refractivity contribution in [1.29, 1.82) is 0 Å². The summed E-state index contributed by atoms with van der Waals surface area (Å²) in [5, 5.41) is 0. The monoisotopic (exact) mass is 813 g/mol. The molecular weight excluding hydrogens is 733 g/mol. The van der Waals surface area contributed by atoms with Crippen LogP contribution in [0.5, 0.6) is 0 Å². The summed E-state index contributed by atoms with van der Waals surface area (Å²) in [5.74, 6) is -0.123. The Morgan fingerprint density at radius 1 is 0.407 bits per heavy atom. The molecule has 0 amide bonds. The van der Waals surface area contributed by atoms with Crippen LogP contribution in [0.15, 0.2) is 72.8 Å². The average molecular weight is 813 g/mol. The molecule has 0 spiro atoms. The molecule has 0 heterocycles. The minimum Gasteiger partial charge on any atom is -0.462 e. The average Bonchev–Trinajstić information content (AvgIpc) is 3.23. The van der Waals surface area contributed by atoms with E-state index in [2.05, 4.69) is 51.3 Å². The molecular formula is C53H80O6. The van der Waals surface area contributed by atoms with Crippen LogP contribution in [-0.4, -0.2) is 36.7 Å². The van der Waals surface area contributed by atoms with Crippen molar-refractivity contribution in [2.75, 3.05) is 13.2 Å². The lowest BCUT2D eigenvalue weighted by Crippen LogP contribution is -2.19. The first-order valence-electron chi connectivity index (χ1n) is 23.4. The number of benzene rings is 2. The molecule has 0 unspecified atom stereocenters. The summed E-state index contributed by atoms with van der Waals surface area (Å²) < 4.78 is 10.3. The highest BCUT2D eigenvalue weighted by molar-refractivity contribution is 5.96. The molecule has 6 heteroatoms. The number of rotatable bonds is 36. The van der Waals surface area contributed by atoms with E-state index in [0.29, 0.717) is 37.2 Å². The van der Waals surface area contributed by atoms with Crippen LogP contribution in [0.2, 0.25) is 0 Å². The van der Waals surface area contributed by atoms with Gasteiger partial charge in [-0.15, -0.1) is 0 Å². The van der Waals surface area contributed by atoms with E-state index in [-0.39, 0.29) is 28.9 Å². The van der Waals surface area contributed by atoms with E-state index in [1.54, 1.807) is 13.8 Å². The lowest BCUT2D eigenvalue weighted by molar-refractivity contribution is -0.139. The first-order chi connectivity index (χ1) is 28.4. The zero-order chi connectivity index (χ0) is 43.1. The highest BCUT2D eigenvalue weighted by Gasteiger charge is 2.24. The number of esters is 2. The van der Waals surface area contributed by atoms with Crippen molar-refractivity contribution in [2.24, 2.45) is 0 Å². The summed E-state index contributed by atoms with van der Waals surface area (Å²) in [5.41, 5.74) is 4.58. The topological polar surface area (TPSA) is 86.7 Å². The number of carbonyl (C=O) groups is 4. The Kier molecular flexibility index (Phi) is 27.1. The minimum atomic E-state index is -0.286. The highest BCUT2D eigenvalue weighted by atomic mass is 16.5. The Hall–Kier alpha value is -3.80. The van der Waals surface area contributed by atoms with Crippen LogP contribution in [0.1, 0.15) is 226 Å². The van der Waals surface area contributed by atoms with Gasteiger partial charge in [0.25, 0.3) is 0 Å². The molecule has 0 saturated carbocycles. The molecule has 6 nitrogen and oxygen atoms in total. The van der Waals surface area contributed by atoms with Gasteiger partial charge >= 0.3 is 11.9 Å². The second-order valence-corrected chi connectivity index (χ2v) is 17.4. The van der Waals surface area contributed by atoms with E-state index in [1.807, 2.05) is 24.3 Å². The number of carbonyl (C=O) groups excluding carboxylic acids is 4. The number of unbranched alkanes of at least 4 members (excludes halogenated alkanes) is 22. The molecule has 2 aromatic rings.